The third-order valence-corrected chi connectivity index (χ3v) is 3.93. The fourth-order valence-electron chi connectivity index (χ4n) is 2.18. The van der Waals surface area contributed by atoms with E-state index in [0.29, 0.717) is 28.1 Å². The predicted octanol–water partition coefficient (Wildman–Crippen LogP) is 4.53. The molecule has 0 radical (unpaired) electrons. The van der Waals surface area contributed by atoms with E-state index in [0.717, 1.165) is 32.3 Å². The monoisotopic (exact) mass is 286 g/mol. The van der Waals surface area contributed by atoms with Crippen molar-refractivity contribution in [2.45, 2.75) is 38.2 Å². The van der Waals surface area contributed by atoms with E-state index in [2.05, 4.69) is 0 Å². The van der Waals surface area contributed by atoms with Gasteiger partial charge in [0.05, 0.1) is 16.1 Å². The van der Waals surface area contributed by atoms with Crippen LogP contribution in [0.25, 0.3) is 0 Å². The molecule has 0 amide bonds. The lowest BCUT2D eigenvalue weighted by Crippen LogP contribution is -2.06. The maximum absolute atomic E-state index is 11.9. The number of carbonyl (C=O) groups is 1. The molecular formula is C14H16Cl2O2. The number of rotatable bonds is 5. The number of Topliss-reactive ketones (excluding diaryl/α,β-unsaturated/α-hetero) is 1. The Morgan fingerprint density at radius 1 is 1.33 bits per heavy atom. The van der Waals surface area contributed by atoms with Crippen molar-refractivity contribution in [2.75, 3.05) is 6.61 Å². The van der Waals surface area contributed by atoms with Gasteiger partial charge in [0.15, 0.2) is 5.78 Å². The SMILES string of the molecule is O=C(CCCC1CCCO1)c1ccc(Cl)c(Cl)c1. The molecule has 0 aliphatic carbocycles. The van der Waals surface area contributed by atoms with Crippen LogP contribution in [-0.2, 0) is 4.74 Å². The van der Waals surface area contributed by atoms with Crippen LogP contribution in [0.15, 0.2) is 18.2 Å². The number of halogens is 2. The molecule has 18 heavy (non-hydrogen) atoms. The van der Waals surface area contributed by atoms with Crippen LogP contribution in [0.5, 0.6) is 0 Å². The second-order valence-electron chi connectivity index (χ2n) is 4.58. The Kier molecular flexibility index (Phi) is 5.04. The van der Waals surface area contributed by atoms with Crippen LogP contribution < -0.4 is 0 Å². The largest absolute Gasteiger partial charge is 0.378 e. The molecule has 4 heteroatoms. The van der Waals surface area contributed by atoms with Crippen molar-refractivity contribution >= 4 is 29.0 Å². The Bertz CT molecular complexity index is 426. The molecule has 1 aliphatic rings. The van der Waals surface area contributed by atoms with Crippen LogP contribution in [-0.4, -0.2) is 18.5 Å². The van der Waals surface area contributed by atoms with E-state index in [9.17, 15) is 4.79 Å². The summed E-state index contributed by atoms with van der Waals surface area (Å²) < 4.78 is 5.53. The minimum Gasteiger partial charge on any atom is -0.378 e. The van der Waals surface area contributed by atoms with Crippen molar-refractivity contribution in [2.24, 2.45) is 0 Å². The zero-order chi connectivity index (χ0) is 13.0. The van der Waals surface area contributed by atoms with Crippen LogP contribution in [0, 0.1) is 0 Å². The van der Waals surface area contributed by atoms with E-state index in [-0.39, 0.29) is 5.78 Å². The molecule has 2 nitrogen and oxygen atoms in total. The first-order valence-corrected chi connectivity index (χ1v) is 7.02. The van der Waals surface area contributed by atoms with Crippen LogP contribution in [0.1, 0.15) is 42.5 Å². The fourth-order valence-corrected chi connectivity index (χ4v) is 2.47. The summed E-state index contributed by atoms with van der Waals surface area (Å²) in [6.07, 6.45) is 4.99. The van der Waals surface area contributed by atoms with Gasteiger partial charge < -0.3 is 4.74 Å². The zero-order valence-electron chi connectivity index (χ0n) is 10.1. The first-order chi connectivity index (χ1) is 8.66. The fraction of sp³-hybridized carbons (Fsp3) is 0.500. The van der Waals surface area contributed by atoms with Crippen LogP contribution >= 0.6 is 23.2 Å². The van der Waals surface area contributed by atoms with E-state index in [1.807, 2.05) is 0 Å². The summed E-state index contributed by atoms with van der Waals surface area (Å²) in [7, 11) is 0. The van der Waals surface area contributed by atoms with Gasteiger partial charge in [0.25, 0.3) is 0 Å². The van der Waals surface area contributed by atoms with Crippen molar-refractivity contribution in [1.29, 1.82) is 0 Å². The van der Waals surface area contributed by atoms with Gasteiger partial charge in [-0.1, -0.05) is 23.2 Å². The summed E-state index contributed by atoms with van der Waals surface area (Å²) in [6.45, 7) is 0.866. The lowest BCUT2D eigenvalue weighted by atomic mass is 10.0. The Balaban J connectivity index is 1.81. The summed E-state index contributed by atoms with van der Waals surface area (Å²) in [6, 6.07) is 5.03. The highest BCUT2D eigenvalue weighted by Crippen LogP contribution is 2.24. The van der Waals surface area contributed by atoms with Gasteiger partial charge >= 0.3 is 0 Å². The van der Waals surface area contributed by atoms with Crippen molar-refractivity contribution in [1.82, 2.24) is 0 Å². The van der Waals surface area contributed by atoms with Crippen molar-refractivity contribution in [3.63, 3.8) is 0 Å². The van der Waals surface area contributed by atoms with Gasteiger partial charge in [-0.05, 0) is 43.9 Å². The lowest BCUT2D eigenvalue weighted by molar-refractivity contribution is 0.0923. The Hall–Kier alpha value is -0.570. The van der Waals surface area contributed by atoms with E-state index in [1.54, 1.807) is 18.2 Å². The highest BCUT2D eigenvalue weighted by atomic mass is 35.5. The van der Waals surface area contributed by atoms with Gasteiger partial charge in [-0.25, -0.2) is 0 Å². The molecule has 0 N–H and O–H groups in total. The number of carbonyl (C=O) groups excluding carboxylic acids is 1. The van der Waals surface area contributed by atoms with Gasteiger partial charge in [-0.2, -0.15) is 0 Å². The summed E-state index contributed by atoms with van der Waals surface area (Å²) in [5.41, 5.74) is 0.636. The maximum Gasteiger partial charge on any atom is 0.162 e. The van der Waals surface area contributed by atoms with Gasteiger partial charge in [0.2, 0.25) is 0 Å². The number of ketones is 1. The second kappa shape index (κ2) is 6.55. The summed E-state index contributed by atoms with van der Waals surface area (Å²) in [5.74, 6) is 0.117. The molecule has 1 aliphatic heterocycles. The van der Waals surface area contributed by atoms with Crippen LogP contribution in [0.4, 0.5) is 0 Å². The van der Waals surface area contributed by atoms with Crippen molar-refractivity contribution < 1.29 is 9.53 Å². The standard InChI is InChI=1S/C14H16Cl2O2/c15-12-7-6-10(9-13(12)16)14(17)5-1-3-11-4-2-8-18-11/h6-7,9,11H,1-5,8H2. The molecule has 0 saturated carbocycles. The Labute approximate surface area is 117 Å². The van der Waals surface area contributed by atoms with Gasteiger partial charge in [-0.15, -0.1) is 0 Å². The lowest BCUT2D eigenvalue weighted by Gasteiger charge is -2.08. The molecule has 2 rings (SSSR count). The minimum absolute atomic E-state index is 0.117. The first-order valence-electron chi connectivity index (χ1n) is 6.26. The van der Waals surface area contributed by atoms with E-state index >= 15 is 0 Å². The summed E-state index contributed by atoms with van der Waals surface area (Å²) in [4.78, 5) is 11.9. The molecule has 1 aromatic rings. The average Bonchev–Trinajstić information content (AvgIpc) is 2.85. The quantitative estimate of drug-likeness (QED) is 0.744. The molecule has 1 heterocycles. The molecular weight excluding hydrogens is 271 g/mol. The predicted molar refractivity (Wildman–Crippen MR) is 73.6 cm³/mol. The molecule has 1 atom stereocenters. The number of ether oxygens (including phenoxy) is 1. The maximum atomic E-state index is 11.9. The van der Waals surface area contributed by atoms with Crippen LogP contribution in [0.2, 0.25) is 10.0 Å². The smallest absolute Gasteiger partial charge is 0.162 e. The minimum atomic E-state index is 0.117. The Morgan fingerprint density at radius 2 is 2.17 bits per heavy atom. The molecule has 0 aromatic heterocycles. The highest BCUT2D eigenvalue weighted by molar-refractivity contribution is 6.42. The zero-order valence-corrected chi connectivity index (χ0v) is 11.6. The van der Waals surface area contributed by atoms with Gasteiger partial charge in [-0.3, -0.25) is 4.79 Å². The molecule has 0 bridgehead atoms. The normalized spacial score (nSPS) is 19.1. The molecule has 0 spiro atoms. The number of hydrogen-bond donors (Lipinski definition) is 0. The topological polar surface area (TPSA) is 26.3 Å². The Morgan fingerprint density at radius 3 is 2.83 bits per heavy atom. The third-order valence-electron chi connectivity index (χ3n) is 3.20. The average molecular weight is 287 g/mol. The number of hydrogen-bond acceptors (Lipinski definition) is 2. The van der Waals surface area contributed by atoms with E-state index in [4.69, 9.17) is 27.9 Å². The third kappa shape index (κ3) is 3.71. The van der Waals surface area contributed by atoms with E-state index in [1.165, 1.54) is 0 Å². The molecule has 1 unspecified atom stereocenters. The second-order valence-corrected chi connectivity index (χ2v) is 5.39. The van der Waals surface area contributed by atoms with Crippen molar-refractivity contribution in [3.8, 4) is 0 Å². The van der Waals surface area contributed by atoms with Crippen molar-refractivity contribution in [3.05, 3.63) is 33.8 Å². The summed E-state index contributed by atoms with van der Waals surface area (Å²) in [5, 5.41) is 0.911. The highest BCUT2D eigenvalue weighted by Gasteiger charge is 2.16. The van der Waals surface area contributed by atoms with Crippen LogP contribution in [0.3, 0.4) is 0 Å². The van der Waals surface area contributed by atoms with E-state index < -0.39 is 0 Å². The van der Waals surface area contributed by atoms with Gasteiger partial charge in [0, 0.05) is 18.6 Å². The molecule has 1 fully saturated rings. The number of benzene rings is 1. The molecule has 98 valence electrons. The molecule has 1 saturated heterocycles. The summed E-state index contributed by atoms with van der Waals surface area (Å²) >= 11 is 11.7. The molecule has 1 aromatic carbocycles. The first kappa shape index (κ1) is 13.9. The van der Waals surface area contributed by atoms with Gasteiger partial charge in [0.1, 0.15) is 0 Å².